The van der Waals surface area contributed by atoms with Gasteiger partial charge in [0.05, 0.1) is 15.4 Å². The number of halogens is 6. The molecular formula is C33H35F6NS2. The van der Waals surface area contributed by atoms with Crippen LogP contribution in [-0.2, 0) is 6.42 Å². The molecule has 2 aromatic heterocycles. The molecular weight excluding hydrogens is 588 g/mol. The third-order valence-corrected chi connectivity index (χ3v) is 9.75. The fraction of sp³-hybridized carbons (Fsp3) is 0.424. The summed E-state index contributed by atoms with van der Waals surface area (Å²) in [5, 5.41) is 0.573. The van der Waals surface area contributed by atoms with Gasteiger partial charge in [0.25, 0.3) is 0 Å². The van der Waals surface area contributed by atoms with E-state index in [0.29, 0.717) is 31.8 Å². The first-order valence-electron chi connectivity index (χ1n) is 14.7. The number of aromatic nitrogens is 1. The maximum atomic E-state index is 14.1. The number of benzene rings is 2. The van der Waals surface area contributed by atoms with Crippen LogP contribution in [0.4, 0.5) is 26.3 Å². The van der Waals surface area contributed by atoms with Crippen molar-refractivity contribution in [3.8, 4) is 30.8 Å². The normalized spacial score (nSPS) is 11.5. The lowest BCUT2D eigenvalue weighted by Gasteiger charge is -2.05. The fourth-order valence-electron chi connectivity index (χ4n) is 4.98. The largest absolute Gasteiger partial charge is 0.240 e. The standard InChI is InChI=1S/C33H35F6NS2/c1-2-3-4-5-6-7-8-9-10-11-12-13-14-27-32(22-19-25(36)31(39)26(37)20-22)42-33(40-27)29-16-15-28(41-29)21-17-23(34)30(38)24(35)18-21/h15-20H,2-14H2,1H3. The highest BCUT2D eigenvalue weighted by atomic mass is 32.1. The zero-order valence-corrected chi connectivity index (χ0v) is 25.3. The zero-order chi connectivity index (χ0) is 30.1. The Morgan fingerprint density at radius 2 is 1.00 bits per heavy atom. The molecule has 0 fully saturated rings. The highest BCUT2D eigenvalue weighted by molar-refractivity contribution is 7.25. The number of unbranched alkanes of at least 4 members (excludes halogenated alkanes) is 11. The fourth-order valence-corrected chi connectivity index (χ4v) is 7.12. The van der Waals surface area contributed by atoms with Crippen LogP contribution < -0.4 is 0 Å². The average Bonchev–Trinajstić information content (AvgIpc) is 3.63. The van der Waals surface area contributed by atoms with E-state index in [-0.39, 0.29) is 11.1 Å². The van der Waals surface area contributed by atoms with E-state index in [4.69, 9.17) is 4.98 Å². The molecule has 2 aromatic carbocycles. The summed E-state index contributed by atoms with van der Waals surface area (Å²) in [5.41, 5.74) is 1.07. The average molecular weight is 624 g/mol. The van der Waals surface area contributed by atoms with Crippen LogP contribution in [0.25, 0.3) is 30.8 Å². The topological polar surface area (TPSA) is 12.9 Å². The number of nitrogens with zero attached hydrogens (tertiary/aromatic N) is 1. The second kappa shape index (κ2) is 15.7. The lowest BCUT2D eigenvalue weighted by molar-refractivity contribution is 0.447. The Kier molecular flexibility index (Phi) is 12.1. The van der Waals surface area contributed by atoms with E-state index in [2.05, 4.69) is 6.92 Å². The third-order valence-electron chi connectivity index (χ3n) is 7.30. The second-order valence-electron chi connectivity index (χ2n) is 10.6. The molecule has 4 aromatic rings. The van der Waals surface area contributed by atoms with Crippen molar-refractivity contribution in [1.82, 2.24) is 4.98 Å². The molecule has 9 heteroatoms. The summed E-state index contributed by atoms with van der Waals surface area (Å²) in [5.74, 6) is -8.14. The smallest absolute Gasteiger partial charge is 0.194 e. The van der Waals surface area contributed by atoms with Crippen LogP contribution in [0.15, 0.2) is 36.4 Å². The van der Waals surface area contributed by atoms with Crippen molar-refractivity contribution < 1.29 is 26.3 Å². The Balaban J connectivity index is 1.43. The number of thiazole rings is 1. The summed E-state index contributed by atoms with van der Waals surface area (Å²) in [6, 6.07) is 7.22. The zero-order valence-electron chi connectivity index (χ0n) is 23.7. The molecule has 0 spiro atoms. The van der Waals surface area contributed by atoms with Gasteiger partial charge in [-0.3, -0.25) is 0 Å². The van der Waals surface area contributed by atoms with Crippen molar-refractivity contribution in [3.63, 3.8) is 0 Å². The molecule has 0 aliphatic heterocycles. The van der Waals surface area contributed by atoms with Gasteiger partial charge in [0.2, 0.25) is 0 Å². The molecule has 0 bridgehead atoms. The molecule has 0 aliphatic rings. The van der Waals surface area contributed by atoms with E-state index in [1.165, 1.54) is 80.5 Å². The summed E-state index contributed by atoms with van der Waals surface area (Å²) >= 11 is 2.44. The van der Waals surface area contributed by atoms with Gasteiger partial charge in [-0.1, -0.05) is 77.6 Å². The monoisotopic (exact) mass is 623 g/mol. The van der Waals surface area contributed by atoms with Gasteiger partial charge in [0.15, 0.2) is 34.9 Å². The second-order valence-corrected chi connectivity index (χ2v) is 12.7. The molecule has 0 aliphatic carbocycles. The van der Waals surface area contributed by atoms with Gasteiger partial charge in [-0.15, -0.1) is 22.7 Å². The number of thiophene rings is 1. The molecule has 0 atom stereocenters. The van der Waals surface area contributed by atoms with Gasteiger partial charge >= 0.3 is 0 Å². The maximum Gasteiger partial charge on any atom is 0.194 e. The van der Waals surface area contributed by atoms with Crippen molar-refractivity contribution in [3.05, 3.63) is 77.0 Å². The third kappa shape index (κ3) is 8.47. The van der Waals surface area contributed by atoms with Gasteiger partial charge in [-0.2, -0.15) is 0 Å². The number of rotatable bonds is 16. The maximum absolute atomic E-state index is 14.1. The molecule has 42 heavy (non-hydrogen) atoms. The lowest BCUT2D eigenvalue weighted by Crippen LogP contribution is -1.94. The summed E-state index contributed by atoms with van der Waals surface area (Å²) in [7, 11) is 0. The van der Waals surface area contributed by atoms with Gasteiger partial charge < -0.3 is 0 Å². The Morgan fingerprint density at radius 3 is 1.52 bits per heavy atom. The predicted molar refractivity (Wildman–Crippen MR) is 161 cm³/mol. The van der Waals surface area contributed by atoms with Crippen LogP contribution in [0, 0.1) is 34.9 Å². The van der Waals surface area contributed by atoms with E-state index in [0.717, 1.165) is 43.5 Å². The van der Waals surface area contributed by atoms with Gasteiger partial charge in [-0.05, 0) is 60.4 Å². The van der Waals surface area contributed by atoms with Crippen molar-refractivity contribution in [2.24, 2.45) is 0 Å². The molecule has 0 saturated carbocycles. The number of aryl methyl sites for hydroxylation is 1. The van der Waals surface area contributed by atoms with Crippen molar-refractivity contribution in [2.75, 3.05) is 0 Å². The molecule has 0 saturated heterocycles. The first-order valence-corrected chi connectivity index (χ1v) is 16.3. The summed E-state index contributed by atoms with van der Waals surface area (Å²) in [4.78, 5) is 6.52. The Bertz CT molecular complexity index is 1410. The number of hydrogen-bond acceptors (Lipinski definition) is 3. The summed E-state index contributed by atoms with van der Waals surface area (Å²) in [6.45, 7) is 2.22. The Morgan fingerprint density at radius 1 is 0.548 bits per heavy atom. The first kappa shape index (κ1) is 32.3. The van der Waals surface area contributed by atoms with Crippen molar-refractivity contribution >= 4 is 22.7 Å². The van der Waals surface area contributed by atoms with E-state index in [9.17, 15) is 26.3 Å². The molecule has 226 valence electrons. The Hall–Kier alpha value is -2.65. The van der Waals surface area contributed by atoms with Gasteiger partial charge in [0, 0.05) is 4.88 Å². The van der Waals surface area contributed by atoms with E-state index >= 15 is 0 Å². The molecule has 4 rings (SSSR count). The molecule has 0 amide bonds. The summed E-state index contributed by atoms with van der Waals surface area (Å²) in [6.07, 6.45) is 15.0. The molecule has 1 nitrogen and oxygen atoms in total. The van der Waals surface area contributed by atoms with Gasteiger partial charge in [0.1, 0.15) is 5.01 Å². The van der Waals surface area contributed by atoms with E-state index in [1.54, 1.807) is 12.1 Å². The molecule has 0 radical (unpaired) electrons. The van der Waals surface area contributed by atoms with E-state index in [1.807, 2.05) is 0 Å². The minimum Gasteiger partial charge on any atom is -0.240 e. The molecule has 2 heterocycles. The van der Waals surface area contributed by atoms with Crippen molar-refractivity contribution in [2.45, 2.75) is 90.4 Å². The molecule has 0 N–H and O–H groups in total. The van der Waals surface area contributed by atoms with E-state index < -0.39 is 34.9 Å². The highest BCUT2D eigenvalue weighted by Gasteiger charge is 2.20. The minimum atomic E-state index is -1.53. The van der Waals surface area contributed by atoms with Gasteiger partial charge in [-0.25, -0.2) is 31.3 Å². The predicted octanol–water partition coefficient (Wildman–Crippen LogP) is 12.3. The van der Waals surface area contributed by atoms with Crippen LogP contribution >= 0.6 is 22.7 Å². The first-order chi connectivity index (χ1) is 20.3. The summed E-state index contributed by atoms with van der Waals surface area (Å²) < 4.78 is 82.9. The molecule has 0 unspecified atom stereocenters. The number of hydrogen-bond donors (Lipinski definition) is 0. The van der Waals surface area contributed by atoms with Crippen molar-refractivity contribution in [1.29, 1.82) is 0 Å². The quantitative estimate of drug-likeness (QED) is 0.0687. The lowest BCUT2D eigenvalue weighted by atomic mass is 10.0. The highest BCUT2D eigenvalue weighted by Crippen LogP contribution is 2.42. The minimum absolute atomic E-state index is 0.193. The Labute approximate surface area is 251 Å². The SMILES string of the molecule is CCCCCCCCCCCCCCc1nc(-c2ccc(-c3cc(F)c(F)c(F)c3)s2)sc1-c1cc(F)c(F)c(F)c1. The van der Waals surface area contributed by atoms with Crippen LogP contribution in [0.5, 0.6) is 0 Å². The van der Waals surface area contributed by atoms with Crippen LogP contribution in [0.2, 0.25) is 0 Å². The van der Waals surface area contributed by atoms with Crippen LogP contribution in [0.3, 0.4) is 0 Å². The van der Waals surface area contributed by atoms with Crippen LogP contribution in [-0.4, -0.2) is 4.98 Å². The van der Waals surface area contributed by atoms with Crippen LogP contribution in [0.1, 0.15) is 89.7 Å².